The number of aliphatic hydroxyl groups is 1. The lowest BCUT2D eigenvalue weighted by molar-refractivity contribution is 0.0927. The molecule has 1 fully saturated rings. The zero-order valence-corrected chi connectivity index (χ0v) is 15.3. The zero-order chi connectivity index (χ0) is 17.1. The molecule has 25 heavy (non-hydrogen) atoms. The molecule has 0 saturated carbocycles. The normalized spacial score (nSPS) is 19.5. The molecule has 2 aromatic rings. The van der Waals surface area contributed by atoms with E-state index in [1.807, 2.05) is 48.9 Å². The van der Waals surface area contributed by atoms with Crippen LogP contribution < -0.4 is 10.6 Å². The first-order valence-corrected chi connectivity index (χ1v) is 8.30. The molecule has 1 aromatic carbocycles. The van der Waals surface area contributed by atoms with E-state index in [0.717, 1.165) is 23.5 Å². The van der Waals surface area contributed by atoms with Crippen LogP contribution in [0.25, 0.3) is 0 Å². The molecule has 0 bridgehead atoms. The summed E-state index contributed by atoms with van der Waals surface area (Å²) in [6, 6.07) is 9.63. The van der Waals surface area contributed by atoms with Crippen molar-refractivity contribution in [2.75, 3.05) is 19.6 Å². The monoisotopic (exact) mass is 364 g/mol. The third-order valence-electron chi connectivity index (χ3n) is 4.48. The predicted octanol–water partition coefficient (Wildman–Crippen LogP) is 1.28. The summed E-state index contributed by atoms with van der Waals surface area (Å²) in [4.78, 5) is 12.2. The second-order valence-corrected chi connectivity index (χ2v) is 6.48. The number of carbonyl (C=O) groups is 1. The van der Waals surface area contributed by atoms with Gasteiger partial charge in [0.25, 0.3) is 5.91 Å². The minimum Gasteiger partial charge on any atom is -0.391 e. The molecule has 3 N–H and O–H groups in total. The summed E-state index contributed by atoms with van der Waals surface area (Å²) in [5, 5.41) is 20.2. The Labute approximate surface area is 154 Å². The molecule has 0 radical (unpaired) electrons. The summed E-state index contributed by atoms with van der Waals surface area (Å²) < 4.78 is 1.96. The number of nitrogens with zero attached hydrogens (tertiary/aromatic N) is 2. The number of halogens is 1. The van der Waals surface area contributed by atoms with E-state index in [-0.39, 0.29) is 30.3 Å². The molecule has 136 valence electrons. The number of hydrogen-bond donors (Lipinski definition) is 3. The number of aliphatic hydroxyl groups excluding tert-OH is 1. The highest BCUT2D eigenvalue weighted by molar-refractivity contribution is 5.94. The maximum absolute atomic E-state index is 12.2. The number of aryl methyl sites for hydroxylation is 2. The van der Waals surface area contributed by atoms with Gasteiger partial charge in [-0.05, 0) is 37.6 Å². The van der Waals surface area contributed by atoms with E-state index in [1.165, 1.54) is 0 Å². The fourth-order valence-electron chi connectivity index (χ4n) is 3.02. The van der Waals surface area contributed by atoms with Crippen LogP contribution in [0.3, 0.4) is 0 Å². The smallest absolute Gasteiger partial charge is 0.251 e. The van der Waals surface area contributed by atoms with Gasteiger partial charge in [-0.1, -0.05) is 12.1 Å². The lowest BCUT2D eigenvalue weighted by Crippen LogP contribution is -2.34. The predicted molar refractivity (Wildman–Crippen MR) is 99.2 cm³/mol. The fraction of sp³-hybridized carbons (Fsp3) is 0.444. The number of carbonyl (C=O) groups excluding carboxylic acids is 1. The standard InChI is InChI=1S/C18H24N4O2.ClH/c1-12-7-13(2)22(21-12)11-14-3-5-15(6-4-14)18(24)20-9-16-8-19-10-17(16)23;/h3-7,16-17,19,23H,8-11H2,1-2H3,(H,20,24);1H. The molecule has 1 aromatic heterocycles. The van der Waals surface area contributed by atoms with E-state index < -0.39 is 0 Å². The average Bonchev–Trinajstić information content (AvgIpc) is 3.11. The van der Waals surface area contributed by atoms with Crippen LogP contribution >= 0.6 is 12.4 Å². The van der Waals surface area contributed by atoms with Crippen molar-refractivity contribution < 1.29 is 9.90 Å². The second kappa shape index (κ2) is 8.47. The minimum atomic E-state index is -0.381. The van der Waals surface area contributed by atoms with Gasteiger partial charge in [0.15, 0.2) is 0 Å². The molecule has 2 unspecified atom stereocenters. The van der Waals surface area contributed by atoms with Crippen molar-refractivity contribution in [3.63, 3.8) is 0 Å². The summed E-state index contributed by atoms with van der Waals surface area (Å²) in [7, 11) is 0. The van der Waals surface area contributed by atoms with Gasteiger partial charge >= 0.3 is 0 Å². The molecule has 1 amide bonds. The maximum Gasteiger partial charge on any atom is 0.251 e. The molecule has 0 aliphatic carbocycles. The molecule has 0 spiro atoms. The largest absolute Gasteiger partial charge is 0.391 e. The number of hydrogen-bond acceptors (Lipinski definition) is 4. The van der Waals surface area contributed by atoms with Gasteiger partial charge in [-0.25, -0.2) is 0 Å². The fourth-order valence-corrected chi connectivity index (χ4v) is 3.02. The summed E-state index contributed by atoms with van der Waals surface area (Å²) in [5.41, 5.74) is 3.87. The Kier molecular flexibility index (Phi) is 6.58. The van der Waals surface area contributed by atoms with Crippen LogP contribution in [0.15, 0.2) is 30.3 Å². The molecule has 1 aliphatic rings. The van der Waals surface area contributed by atoms with E-state index in [2.05, 4.69) is 15.7 Å². The van der Waals surface area contributed by atoms with Crippen molar-refractivity contribution >= 4 is 18.3 Å². The number of amides is 1. The Hall–Kier alpha value is -1.89. The van der Waals surface area contributed by atoms with Crippen molar-refractivity contribution in [3.05, 3.63) is 52.8 Å². The maximum atomic E-state index is 12.2. The average molecular weight is 365 g/mol. The molecule has 7 heteroatoms. The van der Waals surface area contributed by atoms with Crippen LogP contribution in [-0.4, -0.2) is 46.5 Å². The van der Waals surface area contributed by atoms with Gasteiger partial charge in [0.05, 0.1) is 18.3 Å². The van der Waals surface area contributed by atoms with E-state index in [4.69, 9.17) is 0 Å². The Balaban J connectivity index is 0.00000225. The van der Waals surface area contributed by atoms with Crippen molar-refractivity contribution in [1.82, 2.24) is 20.4 Å². The van der Waals surface area contributed by atoms with Crippen LogP contribution in [0.1, 0.15) is 27.3 Å². The van der Waals surface area contributed by atoms with Crippen LogP contribution in [0.4, 0.5) is 0 Å². The number of aromatic nitrogens is 2. The Morgan fingerprint density at radius 1 is 1.32 bits per heavy atom. The van der Waals surface area contributed by atoms with Crippen LogP contribution in [0, 0.1) is 19.8 Å². The third-order valence-corrected chi connectivity index (χ3v) is 4.48. The van der Waals surface area contributed by atoms with Crippen molar-refractivity contribution in [2.45, 2.75) is 26.5 Å². The Morgan fingerprint density at radius 3 is 2.60 bits per heavy atom. The van der Waals surface area contributed by atoms with Gasteiger partial charge in [0.1, 0.15) is 0 Å². The number of benzene rings is 1. The molecule has 2 heterocycles. The van der Waals surface area contributed by atoms with Crippen molar-refractivity contribution in [2.24, 2.45) is 5.92 Å². The first-order chi connectivity index (χ1) is 11.5. The summed E-state index contributed by atoms with van der Waals surface area (Å²) in [6.45, 7) is 6.54. The SMILES string of the molecule is Cc1cc(C)n(Cc2ccc(C(=O)NCC3CNCC3O)cc2)n1.Cl. The Bertz CT molecular complexity index is 714. The van der Waals surface area contributed by atoms with Crippen LogP contribution in [0.5, 0.6) is 0 Å². The number of rotatable bonds is 5. The molecule has 1 aliphatic heterocycles. The lowest BCUT2D eigenvalue weighted by atomic mass is 10.1. The molecule has 3 rings (SSSR count). The highest BCUT2D eigenvalue weighted by Gasteiger charge is 2.25. The molecular formula is C18H25ClN4O2. The molecule has 2 atom stereocenters. The quantitative estimate of drug-likeness (QED) is 0.746. The van der Waals surface area contributed by atoms with Crippen LogP contribution in [-0.2, 0) is 6.54 Å². The minimum absolute atomic E-state index is 0. The van der Waals surface area contributed by atoms with E-state index >= 15 is 0 Å². The van der Waals surface area contributed by atoms with Crippen LogP contribution in [0.2, 0.25) is 0 Å². The Morgan fingerprint density at radius 2 is 2.04 bits per heavy atom. The first kappa shape index (κ1) is 19.4. The highest BCUT2D eigenvalue weighted by Crippen LogP contribution is 2.10. The van der Waals surface area contributed by atoms with Crippen molar-refractivity contribution in [1.29, 1.82) is 0 Å². The van der Waals surface area contributed by atoms with Gasteiger partial charge in [-0.3, -0.25) is 9.48 Å². The van der Waals surface area contributed by atoms with E-state index in [0.29, 0.717) is 25.2 Å². The summed E-state index contributed by atoms with van der Waals surface area (Å²) in [6.07, 6.45) is -0.381. The third kappa shape index (κ3) is 4.81. The van der Waals surface area contributed by atoms with Gasteiger partial charge in [-0.2, -0.15) is 5.10 Å². The zero-order valence-electron chi connectivity index (χ0n) is 14.5. The summed E-state index contributed by atoms with van der Waals surface area (Å²) >= 11 is 0. The van der Waals surface area contributed by atoms with Gasteiger partial charge in [-0.15, -0.1) is 12.4 Å². The summed E-state index contributed by atoms with van der Waals surface area (Å²) in [5.74, 6) is -0.0222. The molecular weight excluding hydrogens is 340 g/mol. The molecule has 6 nitrogen and oxygen atoms in total. The van der Waals surface area contributed by atoms with Gasteiger partial charge < -0.3 is 15.7 Å². The van der Waals surface area contributed by atoms with E-state index in [9.17, 15) is 9.90 Å². The first-order valence-electron chi connectivity index (χ1n) is 8.30. The number of nitrogens with one attached hydrogen (secondary N) is 2. The molecule has 1 saturated heterocycles. The van der Waals surface area contributed by atoms with Crippen molar-refractivity contribution in [3.8, 4) is 0 Å². The topological polar surface area (TPSA) is 79.2 Å². The lowest BCUT2D eigenvalue weighted by Gasteiger charge is -2.14. The van der Waals surface area contributed by atoms with Gasteiger partial charge in [0.2, 0.25) is 0 Å². The number of β-amino-alcohol motifs (C(OH)–C–C–N with tert-alkyl or cyclic N) is 1. The highest BCUT2D eigenvalue weighted by atomic mass is 35.5. The van der Waals surface area contributed by atoms with E-state index in [1.54, 1.807) is 0 Å². The van der Waals surface area contributed by atoms with Gasteiger partial charge in [0, 0.05) is 36.8 Å². The second-order valence-electron chi connectivity index (χ2n) is 6.48.